The molecule has 96 valence electrons. The number of hydrogen-bond donors (Lipinski definition) is 2. The van der Waals surface area contributed by atoms with E-state index in [1.807, 2.05) is 6.07 Å². The fourth-order valence-corrected chi connectivity index (χ4v) is 1.84. The summed E-state index contributed by atoms with van der Waals surface area (Å²) in [5.41, 5.74) is 1.33. The van der Waals surface area contributed by atoms with Crippen LogP contribution in [0.3, 0.4) is 0 Å². The van der Waals surface area contributed by atoms with Gasteiger partial charge >= 0.3 is 0 Å². The highest BCUT2D eigenvalue weighted by Crippen LogP contribution is 2.13. The lowest BCUT2D eigenvalue weighted by Crippen LogP contribution is -2.36. The van der Waals surface area contributed by atoms with Gasteiger partial charge in [0.2, 0.25) is 0 Å². The third-order valence-corrected chi connectivity index (χ3v) is 2.93. The van der Waals surface area contributed by atoms with Gasteiger partial charge in [-0.2, -0.15) is 0 Å². The molecule has 1 rings (SSSR count). The van der Waals surface area contributed by atoms with Crippen molar-refractivity contribution in [1.82, 2.24) is 5.32 Å². The van der Waals surface area contributed by atoms with Crippen LogP contribution in [0.25, 0.3) is 0 Å². The second-order valence-electron chi connectivity index (χ2n) is 4.38. The molecule has 2 atom stereocenters. The van der Waals surface area contributed by atoms with Crippen molar-refractivity contribution in [3.05, 3.63) is 35.9 Å². The molecule has 0 aliphatic heterocycles. The van der Waals surface area contributed by atoms with Gasteiger partial charge in [-0.3, -0.25) is 0 Å². The van der Waals surface area contributed by atoms with Gasteiger partial charge in [-0.15, -0.1) is 0 Å². The second kappa shape index (κ2) is 8.23. The van der Waals surface area contributed by atoms with Crippen LogP contribution in [-0.2, 0) is 4.74 Å². The number of aliphatic hydroxyl groups excluding tert-OH is 1. The van der Waals surface area contributed by atoms with Gasteiger partial charge in [-0.05, 0) is 17.9 Å². The minimum atomic E-state index is 0.195. The first kappa shape index (κ1) is 14.2. The lowest BCUT2D eigenvalue weighted by atomic mass is 10.0. The quantitative estimate of drug-likeness (QED) is 0.724. The number of hydrogen-bond acceptors (Lipinski definition) is 3. The SMILES string of the molecule is COCC(CCO)NCC(C)c1ccccc1. The van der Waals surface area contributed by atoms with E-state index in [4.69, 9.17) is 9.84 Å². The normalized spacial score (nSPS) is 14.5. The molecule has 0 aliphatic rings. The monoisotopic (exact) mass is 237 g/mol. The van der Waals surface area contributed by atoms with Crippen molar-refractivity contribution in [3.63, 3.8) is 0 Å². The van der Waals surface area contributed by atoms with Gasteiger partial charge in [0.05, 0.1) is 6.61 Å². The molecule has 17 heavy (non-hydrogen) atoms. The van der Waals surface area contributed by atoms with Crippen molar-refractivity contribution in [3.8, 4) is 0 Å². The first-order chi connectivity index (χ1) is 8.27. The molecule has 0 bridgehead atoms. The maximum Gasteiger partial charge on any atom is 0.0616 e. The van der Waals surface area contributed by atoms with E-state index >= 15 is 0 Å². The molecule has 0 heterocycles. The summed E-state index contributed by atoms with van der Waals surface area (Å²) in [6, 6.07) is 10.7. The van der Waals surface area contributed by atoms with Gasteiger partial charge in [0.1, 0.15) is 0 Å². The van der Waals surface area contributed by atoms with Crippen LogP contribution in [0.1, 0.15) is 24.8 Å². The van der Waals surface area contributed by atoms with E-state index in [-0.39, 0.29) is 12.6 Å². The van der Waals surface area contributed by atoms with Crippen LogP contribution in [0.15, 0.2) is 30.3 Å². The predicted octanol–water partition coefficient (Wildman–Crippen LogP) is 1.78. The fraction of sp³-hybridized carbons (Fsp3) is 0.571. The molecule has 1 aromatic rings. The Morgan fingerprint density at radius 1 is 1.29 bits per heavy atom. The van der Waals surface area contributed by atoms with Crippen molar-refractivity contribution in [2.75, 3.05) is 26.9 Å². The van der Waals surface area contributed by atoms with E-state index in [9.17, 15) is 0 Å². The van der Waals surface area contributed by atoms with Gasteiger partial charge in [-0.25, -0.2) is 0 Å². The zero-order valence-corrected chi connectivity index (χ0v) is 10.7. The number of rotatable bonds is 8. The van der Waals surface area contributed by atoms with E-state index in [1.165, 1.54) is 5.56 Å². The molecule has 0 fully saturated rings. The first-order valence-electron chi connectivity index (χ1n) is 6.16. The third kappa shape index (κ3) is 5.31. The topological polar surface area (TPSA) is 41.5 Å². The zero-order chi connectivity index (χ0) is 12.5. The minimum Gasteiger partial charge on any atom is -0.396 e. The number of ether oxygens (including phenoxy) is 1. The molecule has 0 amide bonds. The largest absolute Gasteiger partial charge is 0.396 e. The van der Waals surface area contributed by atoms with Crippen molar-refractivity contribution in [2.24, 2.45) is 0 Å². The summed E-state index contributed by atoms with van der Waals surface area (Å²) in [6.07, 6.45) is 0.731. The molecule has 0 radical (unpaired) electrons. The predicted molar refractivity (Wildman–Crippen MR) is 70.2 cm³/mol. The van der Waals surface area contributed by atoms with Gasteiger partial charge in [-0.1, -0.05) is 37.3 Å². The maximum absolute atomic E-state index is 8.95. The molecular formula is C14H23NO2. The number of nitrogens with one attached hydrogen (secondary N) is 1. The van der Waals surface area contributed by atoms with Crippen LogP contribution < -0.4 is 5.32 Å². The Hall–Kier alpha value is -0.900. The summed E-state index contributed by atoms with van der Waals surface area (Å²) >= 11 is 0. The number of aliphatic hydroxyl groups is 1. The Morgan fingerprint density at radius 3 is 2.59 bits per heavy atom. The Kier molecular flexibility index (Phi) is 6.86. The Bertz CT molecular complexity index is 284. The molecule has 3 nitrogen and oxygen atoms in total. The van der Waals surface area contributed by atoms with Crippen LogP contribution in [0.4, 0.5) is 0 Å². The van der Waals surface area contributed by atoms with Crippen LogP contribution in [-0.4, -0.2) is 38.0 Å². The fourth-order valence-electron chi connectivity index (χ4n) is 1.84. The second-order valence-corrected chi connectivity index (χ2v) is 4.38. The molecule has 3 heteroatoms. The Morgan fingerprint density at radius 2 is 2.00 bits per heavy atom. The first-order valence-corrected chi connectivity index (χ1v) is 6.16. The van der Waals surface area contributed by atoms with Gasteiger partial charge in [0.25, 0.3) is 0 Å². The summed E-state index contributed by atoms with van der Waals surface area (Å²) in [5, 5.41) is 12.4. The van der Waals surface area contributed by atoms with Gasteiger partial charge < -0.3 is 15.2 Å². The van der Waals surface area contributed by atoms with Crippen molar-refractivity contribution >= 4 is 0 Å². The van der Waals surface area contributed by atoms with E-state index in [1.54, 1.807) is 7.11 Å². The van der Waals surface area contributed by atoms with Gasteiger partial charge in [0.15, 0.2) is 0 Å². The van der Waals surface area contributed by atoms with Crippen LogP contribution >= 0.6 is 0 Å². The highest BCUT2D eigenvalue weighted by molar-refractivity contribution is 5.18. The maximum atomic E-state index is 8.95. The molecule has 0 saturated carbocycles. The molecule has 2 unspecified atom stereocenters. The molecule has 0 saturated heterocycles. The van der Waals surface area contributed by atoms with Crippen molar-refractivity contribution in [1.29, 1.82) is 0 Å². The van der Waals surface area contributed by atoms with Crippen molar-refractivity contribution in [2.45, 2.75) is 25.3 Å². The molecule has 0 aliphatic carbocycles. The van der Waals surface area contributed by atoms with Crippen LogP contribution in [0, 0.1) is 0 Å². The highest BCUT2D eigenvalue weighted by atomic mass is 16.5. The summed E-state index contributed by atoms with van der Waals surface area (Å²) in [5.74, 6) is 0.467. The highest BCUT2D eigenvalue weighted by Gasteiger charge is 2.10. The van der Waals surface area contributed by atoms with Crippen molar-refractivity contribution < 1.29 is 9.84 Å². The minimum absolute atomic E-state index is 0.195. The average Bonchev–Trinajstić information content (AvgIpc) is 2.37. The summed E-state index contributed by atoms with van der Waals surface area (Å²) in [7, 11) is 1.69. The zero-order valence-electron chi connectivity index (χ0n) is 10.7. The van der Waals surface area contributed by atoms with Crippen LogP contribution in [0.2, 0.25) is 0 Å². The van der Waals surface area contributed by atoms with Crippen LogP contribution in [0.5, 0.6) is 0 Å². The smallest absolute Gasteiger partial charge is 0.0616 e. The molecule has 1 aromatic carbocycles. The average molecular weight is 237 g/mol. The third-order valence-electron chi connectivity index (χ3n) is 2.93. The lowest BCUT2D eigenvalue weighted by molar-refractivity contribution is 0.148. The number of benzene rings is 1. The molecule has 0 spiro atoms. The molecule has 2 N–H and O–H groups in total. The number of methoxy groups -OCH3 is 1. The molecular weight excluding hydrogens is 214 g/mol. The van der Waals surface area contributed by atoms with E-state index in [0.717, 1.165) is 13.0 Å². The van der Waals surface area contributed by atoms with E-state index < -0.39 is 0 Å². The molecule has 0 aromatic heterocycles. The van der Waals surface area contributed by atoms with E-state index in [0.29, 0.717) is 12.5 Å². The Balaban J connectivity index is 2.38. The Labute approximate surface area is 104 Å². The summed E-state index contributed by atoms with van der Waals surface area (Å²) in [4.78, 5) is 0. The lowest BCUT2D eigenvalue weighted by Gasteiger charge is -2.20. The standard InChI is InChI=1S/C14H23NO2/c1-12(13-6-4-3-5-7-13)10-15-14(8-9-16)11-17-2/h3-7,12,14-16H,8-11H2,1-2H3. The summed E-state index contributed by atoms with van der Waals surface area (Å²) in [6.45, 7) is 3.94. The van der Waals surface area contributed by atoms with E-state index in [2.05, 4.69) is 36.5 Å². The summed E-state index contributed by atoms with van der Waals surface area (Å²) < 4.78 is 5.12. The van der Waals surface area contributed by atoms with Gasteiger partial charge in [0, 0.05) is 26.3 Å².